The van der Waals surface area contributed by atoms with Gasteiger partial charge >= 0.3 is 12.0 Å². The number of hydrogen-bond donors (Lipinski definition) is 2. The molecule has 0 unspecified atom stereocenters. The van der Waals surface area contributed by atoms with Crippen LogP contribution in [0.4, 0.5) is 4.79 Å². The van der Waals surface area contributed by atoms with Crippen LogP contribution in [0.1, 0.15) is 45.1 Å². The number of carbonyl (C=O) groups excluding carboxylic acids is 3. The number of esters is 1. The fourth-order valence-electron chi connectivity index (χ4n) is 2.78. The maximum Gasteiger partial charge on any atom is 0.331 e. The van der Waals surface area contributed by atoms with Crippen LogP contribution in [0.5, 0.6) is 5.75 Å². The van der Waals surface area contributed by atoms with Crippen LogP contribution in [0.15, 0.2) is 30.3 Å². The Labute approximate surface area is 159 Å². The van der Waals surface area contributed by atoms with Crippen LogP contribution in [0.25, 0.3) is 6.08 Å². The molecule has 1 saturated carbocycles. The highest BCUT2D eigenvalue weighted by atomic mass is 16.5. The number of carbonyl (C=O) groups is 3. The van der Waals surface area contributed by atoms with Gasteiger partial charge in [-0.05, 0) is 50.5 Å². The van der Waals surface area contributed by atoms with Gasteiger partial charge in [-0.2, -0.15) is 0 Å². The second-order valence-corrected chi connectivity index (χ2v) is 6.36. The molecule has 1 atom stereocenters. The standard InChI is InChI=1S/C20H26N2O5/c1-3-26-17-11-8-15(9-12-17)10-13-18(23)27-14(2)19(24)22-20(25)21-16-6-4-5-7-16/h8-14,16H,3-7H2,1-2H3,(H2,21,22,24,25)/b13-10+/t14-/m0/s1. The Balaban J connectivity index is 1.76. The summed E-state index contributed by atoms with van der Waals surface area (Å²) in [5.41, 5.74) is 0.795. The molecule has 0 heterocycles. The lowest BCUT2D eigenvalue weighted by molar-refractivity contribution is -0.149. The van der Waals surface area contributed by atoms with Crippen molar-refractivity contribution in [1.82, 2.24) is 10.6 Å². The first kappa shape index (κ1) is 20.5. The Morgan fingerprint density at radius 1 is 1.19 bits per heavy atom. The molecule has 1 aliphatic rings. The Morgan fingerprint density at radius 3 is 2.48 bits per heavy atom. The predicted molar refractivity (Wildman–Crippen MR) is 101 cm³/mol. The highest BCUT2D eigenvalue weighted by Crippen LogP contribution is 2.17. The monoisotopic (exact) mass is 374 g/mol. The Morgan fingerprint density at radius 2 is 1.85 bits per heavy atom. The lowest BCUT2D eigenvalue weighted by Gasteiger charge is -2.15. The molecular formula is C20H26N2O5. The molecule has 3 amide bonds. The zero-order valence-corrected chi connectivity index (χ0v) is 15.7. The summed E-state index contributed by atoms with van der Waals surface area (Å²) in [6.45, 7) is 3.90. The van der Waals surface area contributed by atoms with Crippen LogP contribution in [-0.4, -0.2) is 36.7 Å². The van der Waals surface area contributed by atoms with Gasteiger partial charge in [0.1, 0.15) is 5.75 Å². The van der Waals surface area contributed by atoms with Crippen molar-refractivity contribution >= 4 is 24.0 Å². The molecule has 1 aliphatic carbocycles. The van der Waals surface area contributed by atoms with Gasteiger partial charge in [0, 0.05) is 12.1 Å². The molecule has 0 spiro atoms. The van der Waals surface area contributed by atoms with E-state index in [0.717, 1.165) is 37.0 Å². The van der Waals surface area contributed by atoms with E-state index in [1.54, 1.807) is 30.3 Å². The number of rotatable bonds is 7. The van der Waals surface area contributed by atoms with Gasteiger partial charge in [-0.25, -0.2) is 9.59 Å². The highest BCUT2D eigenvalue weighted by molar-refractivity contribution is 5.98. The third kappa shape index (κ3) is 7.13. The first-order valence-corrected chi connectivity index (χ1v) is 9.21. The van der Waals surface area contributed by atoms with E-state index >= 15 is 0 Å². The van der Waals surface area contributed by atoms with Crippen LogP contribution in [0, 0.1) is 0 Å². The Kier molecular flexibility index (Phi) is 7.85. The number of amides is 3. The maximum atomic E-state index is 11.9. The number of nitrogens with one attached hydrogen (secondary N) is 2. The SMILES string of the molecule is CCOc1ccc(/C=C/C(=O)O[C@@H](C)C(=O)NC(=O)NC2CCCC2)cc1. The predicted octanol–water partition coefficient (Wildman–Crippen LogP) is 2.80. The minimum absolute atomic E-state index is 0.104. The zero-order chi connectivity index (χ0) is 19.6. The van der Waals surface area contributed by atoms with E-state index in [1.165, 1.54) is 13.0 Å². The van der Waals surface area contributed by atoms with Gasteiger partial charge in [-0.3, -0.25) is 10.1 Å². The lowest BCUT2D eigenvalue weighted by atomic mass is 10.2. The summed E-state index contributed by atoms with van der Waals surface area (Å²) in [7, 11) is 0. The minimum atomic E-state index is -1.07. The molecule has 0 saturated heterocycles. The molecule has 2 N–H and O–H groups in total. The maximum absolute atomic E-state index is 11.9. The average Bonchev–Trinajstić information content (AvgIpc) is 3.14. The van der Waals surface area contributed by atoms with Gasteiger partial charge in [-0.1, -0.05) is 25.0 Å². The normalized spacial score (nSPS) is 15.3. The molecule has 2 rings (SSSR count). The van der Waals surface area contributed by atoms with Crippen LogP contribution < -0.4 is 15.4 Å². The summed E-state index contributed by atoms with van der Waals surface area (Å²) in [5.74, 6) is -0.575. The van der Waals surface area contributed by atoms with Crippen molar-refractivity contribution in [3.8, 4) is 5.75 Å². The van der Waals surface area contributed by atoms with Crippen molar-refractivity contribution in [2.24, 2.45) is 0 Å². The van der Waals surface area contributed by atoms with Gasteiger partial charge in [-0.15, -0.1) is 0 Å². The minimum Gasteiger partial charge on any atom is -0.494 e. The van der Waals surface area contributed by atoms with Gasteiger partial charge in [0.25, 0.3) is 5.91 Å². The number of benzene rings is 1. The Hall–Kier alpha value is -2.83. The van der Waals surface area contributed by atoms with Gasteiger partial charge < -0.3 is 14.8 Å². The topological polar surface area (TPSA) is 93.7 Å². The van der Waals surface area contributed by atoms with E-state index in [9.17, 15) is 14.4 Å². The van der Waals surface area contributed by atoms with Crippen LogP contribution >= 0.6 is 0 Å². The van der Waals surface area contributed by atoms with E-state index in [-0.39, 0.29) is 6.04 Å². The smallest absolute Gasteiger partial charge is 0.331 e. The molecule has 27 heavy (non-hydrogen) atoms. The third-order valence-electron chi connectivity index (χ3n) is 4.19. The van der Waals surface area contributed by atoms with Gasteiger partial charge in [0.2, 0.25) is 0 Å². The molecule has 1 aromatic carbocycles. The van der Waals surface area contributed by atoms with Crippen molar-refractivity contribution in [2.45, 2.75) is 51.7 Å². The second kappa shape index (κ2) is 10.4. The summed E-state index contributed by atoms with van der Waals surface area (Å²) >= 11 is 0. The summed E-state index contributed by atoms with van der Waals surface area (Å²) < 4.78 is 10.4. The average molecular weight is 374 g/mol. The molecule has 0 aromatic heterocycles. The molecule has 1 aromatic rings. The van der Waals surface area contributed by atoms with Crippen LogP contribution in [-0.2, 0) is 14.3 Å². The molecule has 7 heteroatoms. The van der Waals surface area contributed by atoms with E-state index in [0.29, 0.717) is 6.61 Å². The molecule has 146 valence electrons. The van der Waals surface area contributed by atoms with Gasteiger partial charge in [0.15, 0.2) is 6.10 Å². The number of hydrogen-bond acceptors (Lipinski definition) is 5. The third-order valence-corrected chi connectivity index (χ3v) is 4.19. The van der Waals surface area contributed by atoms with Gasteiger partial charge in [0.05, 0.1) is 6.61 Å². The first-order valence-electron chi connectivity index (χ1n) is 9.21. The van der Waals surface area contributed by atoms with Crippen molar-refractivity contribution < 1.29 is 23.9 Å². The second-order valence-electron chi connectivity index (χ2n) is 6.36. The highest BCUT2D eigenvalue weighted by Gasteiger charge is 2.22. The molecule has 0 aliphatic heterocycles. The van der Waals surface area contributed by atoms with Crippen LogP contribution in [0.2, 0.25) is 0 Å². The first-order chi connectivity index (χ1) is 13.0. The quantitative estimate of drug-likeness (QED) is 0.565. The van der Waals surface area contributed by atoms with Crippen molar-refractivity contribution in [3.05, 3.63) is 35.9 Å². The summed E-state index contributed by atoms with van der Waals surface area (Å²) in [6.07, 6.45) is 5.73. The van der Waals surface area contributed by atoms with Crippen molar-refractivity contribution in [1.29, 1.82) is 0 Å². The van der Waals surface area contributed by atoms with Crippen LogP contribution in [0.3, 0.4) is 0 Å². The molecule has 7 nitrogen and oxygen atoms in total. The summed E-state index contributed by atoms with van der Waals surface area (Å²) in [4.78, 5) is 35.6. The zero-order valence-electron chi connectivity index (χ0n) is 15.7. The van der Waals surface area contributed by atoms with E-state index in [1.807, 2.05) is 6.92 Å². The summed E-state index contributed by atoms with van der Waals surface area (Å²) in [5, 5.41) is 4.94. The van der Waals surface area contributed by atoms with Crippen molar-refractivity contribution in [3.63, 3.8) is 0 Å². The largest absolute Gasteiger partial charge is 0.494 e. The van der Waals surface area contributed by atoms with E-state index in [2.05, 4.69) is 10.6 Å². The molecular weight excluding hydrogens is 348 g/mol. The number of imide groups is 1. The molecule has 0 radical (unpaired) electrons. The Bertz CT molecular complexity index is 678. The molecule has 1 fully saturated rings. The number of urea groups is 1. The molecule has 0 bridgehead atoms. The number of ether oxygens (including phenoxy) is 2. The van der Waals surface area contributed by atoms with E-state index < -0.39 is 24.0 Å². The van der Waals surface area contributed by atoms with Crippen molar-refractivity contribution in [2.75, 3.05) is 6.61 Å². The fraction of sp³-hybridized carbons (Fsp3) is 0.450. The summed E-state index contributed by atoms with van der Waals surface area (Å²) in [6, 6.07) is 6.75. The lowest BCUT2D eigenvalue weighted by Crippen LogP contribution is -2.47. The fourth-order valence-corrected chi connectivity index (χ4v) is 2.78. The van der Waals surface area contributed by atoms with E-state index in [4.69, 9.17) is 9.47 Å².